The lowest BCUT2D eigenvalue weighted by Gasteiger charge is -2.04. The third-order valence-electron chi connectivity index (χ3n) is 2.53. The molecular formula is C12H14N4O3S. The smallest absolute Gasteiger partial charge is 0.285 e. The number of carbonyl (C=O) groups is 1. The van der Waals surface area contributed by atoms with Crippen LogP contribution in [0.1, 0.15) is 10.5 Å². The zero-order chi connectivity index (χ0) is 14.6. The van der Waals surface area contributed by atoms with E-state index in [-0.39, 0.29) is 10.6 Å². The molecule has 1 aromatic heterocycles. The first kappa shape index (κ1) is 14.2. The van der Waals surface area contributed by atoms with Gasteiger partial charge in [0, 0.05) is 19.3 Å². The molecule has 8 heteroatoms. The van der Waals surface area contributed by atoms with E-state index in [1.807, 2.05) is 4.72 Å². The van der Waals surface area contributed by atoms with E-state index in [1.165, 1.54) is 24.7 Å². The third-order valence-corrected chi connectivity index (χ3v) is 3.88. The molecule has 0 saturated heterocycles. The molecule has 106 valence electrons. The van der Waals surface area contributed by atoms with Gasteiger partial charge in [0.25, 0.3) is 15.9 Å². The highest BCUT2D eigenvalue weighted by Gasteiger charge is 2.19. The van der Waals surface area contributed by atoms with E-state index in [9.17, 15) is 13.2 Å². The third kappa shape index (κ3) is 3.22. The normalized spacial score (nSPS) is 11.2. The van der Waals surface area contributed by atoms with Crippen molar-refractivity contribution in [3.63, 3.8) is 0 Å². The number of benzene rings is 1. The molecule has 2 aromatic rings. The van der Waals surface area contributed by atoms with Crippen molar-refractivity contribution in [3.05, 3.63) is 48.5 Å². The van der Waals surface area contributed by atoms with E-state index >= 15 is 0 Å². The van der Waals surface area contributed by atoms with Crippen molar-refractivity contribution in [1.82, 2.24) is 14.3 Å². The van der Waals surface area contributed by atoms with Gasteiger partial charge in [0.2, 0.25) is 0 Å². The highest BCUT2D eigenvalue weighted by Crippen LogP contribution is 2.08. The molecule has 3 N–H and O–H groups in total. The summed E-state index contributed by atoms with van der Waals surface area (Å²) in [6, 6.07) is 7.66. The molecule has 0 atom stereocenters. The van der Waals surface area contributed by atoms with Gasteiger partial charge in [-0.15, -0.1) is 0 Å². The Bertz CT molecular complexity index is 695. The molecule has 0 radical (unpaired) electrons. The van der Waals surface area contributed by atoms with Gasteiger partial charge in [-0.25, -0.2) is 18.1 Å². The van der Waals surface area contributed by atoms with Crippen molar-refractivity contribution >= 4 is 15.9 Å². The van der Waals surface area contributed by atoms with E-state index < -0.39 is 15.9 Å². The Morgan fingerprint density at radius 1 is 1.30 bits per heavy atom. The van der Waals surface area contributed by atoms with Crippen LogP contribution in [0.25, 0.3) is 0 Å². The number of nitrogens with two attached hydrogens (primary N) is 1. The number of hydrogen-bond donors (Lipinski definition) is 2. The highest BCUT2D eigenvalue weighted by molar-refractivity contribution is 7.90. The second kappa shape index (κ2) is 5.85. The lowest BCUT2D eigenvalue weighted by molar-refractivity contribution is 0.0977. The number of carbonyl (C=O) groups excluding carboxylic acids is 1. The number of nitrogens with one attached hydrogen (secondary N) is 1. The molecule has 0 saturated carbocycles. The molecule has 2 rings (SSSR count). The molecule has 0 bridgehead atoms. The summed E-state index contributed by atoms with van der Waals surface area (Å²) in [5, 5.41) is 0. The van der Waals surface area contributed by atoms with Crippen LogP contribution in [-0.4, -0.2) is 30.4 Å². The highest BCUT2D eigenvalue weighted by atomic mass is 32.2. The summed E-state index contributed by atoms with van der Waals surface area (Å²) in [6.07, 6.45) is 2.87. The minimum absolute atomic E-state index is 0.0229. The Morgan fingerprint density at radius 3 is 2.65 bits per heavy atom. The van der Waals surface area contributed by atoms with Crippen LogP contribution >= 0.6 is 0 Å². The van der Waals surface area contributed by atoms with E-state index in [4.69, 9.17) is 5.73 Å². The van der Waals surface area contributed by atoms with Crippen LogP contribution in [-0.2, 0) is 16.6 Å². The summed E-state index contributed by atoms with van der Waals surface area (Å²) in [4.78, 5) is 15.7. The number of aromatic nitrogens is 2. The maximum Gasteiger partial charge on any atom is 0.285 e. The molecule has 0 aliphatic heterocycles. The maximum atomic E-state index is 12.0. The van der Waals surface area contributed by atoms with E-state index in [0.29, 0.717) is 13.1 Å². The molecular weight excluding hydrogens is 280 g/mol. The average molecular weight is 294 g/mol. The summed E-state index contributed by atoms with van der Waals surface area (Å²) in [5.41, 5.74) is 5.40. The van der Waals surface area contributed by atoms with Gasteiger partial charge in [-0.05, 0) is 12.1 Å². The van der Waals surface area contributed by atoms with Crippen LogP contribution in [0.15, 0.2) is 47.8 Å². The van der Waals surface area contributed by atoms with Crippen molar-refractivity contribution < 1.29 is 13.2 Å². The van der Waals surface area contributed by atoms with Gasteiger partial charge in [0.1, 0.15) is 5.69 Å². The number of nitrogens with zero attached hydrogens (tertiary/aromatic N) is 2. The fraction of sp³-hybridized carbons (Fsp3) is 0.167. The van der Waals surface area contributed by atoms with Gasteiger partial charge < -0.3 is 10.3 Å². The fourth-order valence-corrected chi connectivity index (χ4v) is 2.56. The first-order valence-electron chi connectivity index (χ1n) is 5.87. The minimum atomic E-state index is -3.88. The van der Waals surface area contributed by atoms with Gasteiger partial charge in [-0.1, -0.05) is 18.2 Å². The Kier molecular flexibility index (Phi) is 4.16. The van der Waals surface area contributed by atoms with Crippen molar-refractivity contribution in [2.75, 3.05) is 6.54 Å². The van der Waals surface area contributed by atoms with Gasteiger partial charge in [-0.3, -0.25) is 4.79 Å². The monoisotopic (exact) mass is 294 g/mol. The molecule has 1 heterocycles. The molecule has 0 fully saturated rings. The second-order valence-electron chi connectivity index (χ2n) is 4.03. The van der Waals surface area contributed by atoms with Crippen molar-refractivity contribution in [3.8, 4) is 0 Å². The van der Waals surface area contributed by atoms with Crippen LogP contribution in [0, 0.1) is 0 Å². The zero-order valence-corrected chi connectivity index (χ0v) is 11.4. The minimum Gasteiger partial charge on any atom is -0.335 e. The Labute approximate surface area is 116 Å². The quantitative estimate of drug-likeness (QED) is 0.804. The molecule has 1 aromatic carbocycles. The van der Waals surface area contributed by atoms with Crippen molar-refractivity contribution in [2.24, 2.45) is 5.73 Å². The number of rotatable bonds is 5. The Balaban J connectivity index is 2.14. The van der Waals surface area contributed by atoms with Crippen molar-refractivity contribution in [1.29, 1.82) is 0 Å². The van der Waals surface area contributed by atoms with E-state index in [0.717, 1.165) is 0 Å². The average Bonchev–Trinajstić information content (AvgIpc) is 2.88. The van der Waals surface area contributed by atoms with Crippen LogP contribution in [0.4, 0.5) is 0 Å². The van der Waals surface area contributed by atoms with Crippen LogP contribution in [0.2, 0.25) is 0 Å². The lowest BCUT2D eigenvalue weighted by atomic mass is 10.4. The van der Waals surface area contributed by atoms with Crippen LogP contribution in [0.5, 0.6) is 0 Å². The van der Waals surface area contributed by atoms with E-state index in [2.05, 4.69) is 4.98 Å². The van der Waals surface area contributed by atoms with E-state index in [1.54, 1.807) is 22.8 Å². The predicted molar refractivity (Wildman–Crippen MR) is 72.4 cm³/mol. The van der Waals surface area contributed by atoms with Gasteiger partial charge in [0.15, 0.2) is 0 Å². The molecule has 7 nitrogen and oxygen atoms in total. The molecule has 1 amide bonds. The fourth-order valence-electron chi connectivity index (χ4n) is 1.58. The van der Waals surface area contributed by atoms with Crippen LogP contribution in [0.3, 0.4) is 0 Å². The van der Waals surface area contributed by atoms with Gasteiger partial charge in [-0.2, -0.15) is 0 Å². The molecule has 0 spiro atoms. The summed E-state index contributed by atoms with van der Waals surface area (Å²) in [7, 11) is -3.88. The number of amides is 1. The largest absolute Gasteiger partial charge is 0.335 e. The molecule has 0 unspecified atom stereocenters. The van der Waals surface area contributed by atoms with Crippen molar-refractivity contribution in [2.45, 2.75) is 11.4 Å². The Hall–Kier alpha value is -2.19. The topological polar surface area (TPSA) is 107 Å². The molecule has 0 aliphatic rings. The summed E-state index contributed by atoms with van der Waals surface area (Å²) in [5.74, 6) is -0.773. The Morgan fingerprint density at radius 2 is 2.00 bits per heavy atom. The first-order valence-corrected chi connectivity index (χ1v) is 7.35. The second-order valence-corrected chi connectivity index (χ2v) is 5.72. The van der Waals surface area contributed by atoms with Gasteiger partial charge in [0.05, 0.1) is 11.2 Å². The summed E-state index contributed by atoms with van der Waals surface area (Å²) >= 11 is 0. The number of hydrogen-bond acceptors (Lipinski definition) is 5. The first-order chi connectivity index (χ1) is 9.53. The number of sulfonamides is 1. The maximum absolute atomic E-state index is 12.0. The lowest BCUT2D eigenvalue weighted by Crippen LogP contribution is -2.30. The zero-order valence-electron chi connectivity index (χ0n) is 10.6. The predicted octanol–water partition coefficient (Wildman–Crippen LogP) is -0.0395. The number of imidazole rings is 1. The standard InChI is InChI=1S/C12H14N4O3S/c13-6-7-16-8-11(14-9-16)12(17)15-20(18,19)10-4-2-1-3-5-10/h1-5,8-9H,6-7,13H2,(H,15,17). The van der Waals surface area contributed by atoms with Gasteiger partial charge >= 0.3 is 0 Å². The molecule has 0 aliphatic carbocycles. The summed E-state index contributed by atoms with van der Waals surface area (Å²) in [6.45, 7) is 0.908. The molecule has 20 heavy (non-hydrogen) atoms. The summed E-state index contributed by atoms with van der Waals surface area (Å²) < 4.78 is 27.5. The SMILES string of the molecule is NCCn1cnc(C(=O)NS(=O)(=O)c2ccccc2)c1. The van der Waals surface area contributed by atoms with Crippen LogP contribution < -0.4 is 10.5 Å².